The molecule has 1 aliphatic rings. The van der Waals surface area contributed by atoms with Crippen molar-refractivity contribution in [3.63, 3.8) is 0 Å². The molecule has 0 spiro atoms. The van der Waals surface area contributed by atoms with Gasteiger partial charge in [0.05, 0.1) is 6.61 Å². The number of hydrogen-bond acceptors (Lipinski definition) is 4. The number of benzene rings is 2. The van der Waals surface area contributed by atoms with Gasteiger partial charge in [-0.05, 0) is 24.6 Å². The van der Waals surface area contributed by atoms with E-state index in [1.165, 1.54) is 5.56 Å². The van der Waals surface area contributed by atoms with Crippen LogP contribution >= 0.6 is 0 Å². The van der Waals surface area contributed by atoms with E-state index in [0.29, 0.717) is 12.4 Å². The fraction of sp³-hybridized carbons (Fsp3) is 0.381. The molecule has 5 heteroatoms. The second kappa shape index (κ2) is 9.25. The Morgan fingerprint density at radius 1 is 0.923 bits per heavy atom. The lowest BCUT2D eigenvalue weighted by atomic mass is 10.2. The van der Waals surface area contributed by atoms with Crippen molar-refractivity contribution in [3.05, 3.63) is 60.2 Å². The van der Waals surface area contributed by atoms with Crippen molar-refractivity contribution >= 4 is 5.91 Å². The molecule has 5 nitrogen and oxygen atoms in total. The average Bonchev–Trinajstić information content (AvgIpc) is 2.68. The van der Waals surface area contributed by atoms with Crippen LogP contribution in [0.25, 0.3) is 0 Å². The van der Waals surface area contributed by atoms with Gasteiger partial charge in [0.25, 0.3) is 5.91 Å². The van der Waals surface area contributed by atoms with Crippen molar-refractivity contribution in [1.29, 1.82) is 0 Å². The molecule has 0 bridgehead atoms. The van der Waals surface area contributed by atoms with Crippen molar-refractivity contribution in [3.8, 4) is 11.5 Å². The topological polar surface area (TPSA) is 42.0 Å². The molecule has 1 saturated heterocycles. The third-order valence-electron chi connectivity index (χ3n) is 4.45. The summed E-state index contributed by atoms with van der Waals surface area (Å²) in [5.74, 6) is 1.45. The Morgan fingerprint density at radius 3 is 2.31 bits per heavy atom. The minimum absolute atomic E-state index is 0.0335. The van der Waals surface area contributed by atoms with Gasteiger partial charge in [-0.3, -0.25) is 9.69 Å². The molecule has 2 aromatic carbocycles. The molecule has 1 fully saturated rings. The number of ether oxygens (including phenoxy) is 2. The summed E-state index contributed by atoms with van der Waals surface area (Å²) in [6, 6.07) is 17.8. The molecule has 1 heterocycles. The molecule has 0 unspecified atom stereocenters. The Bertz CT molecular complexity index is 697. The molecule has 0 N–H and O–H groups in total. The van der Waals surface area contributed by atoms with Crippen LogP contribution in [0.15, 0.2) is 54.6 Å². The van der Waals surface area contributed by atoms with Crippen molar-refractivity contribution in [1.82, 2.24) is 9.80 Å². The van der Waals surface area contributed by atoms with Gasteiger partial charge < -0.3 is 14.4 Å². The van der Waals surface area contributed by atoms with Gasteiger partial charge in [0.1, 0.15) is 11.5 Å². The molecule has 0 aromatic heterocycles. The summed E-state index contributed by atoms with van der Waals surface area (Å²) in [4.78, 5) is 16.7. The highest BCUT2D eigenvalue weighted by atomic mass is 16.5. The Kier molecular flexibility index (Phi) is 6.50. The van der Waals surface area contributed by atoms with Crippen LogP contribution in [-0.4, -0.2) is 55.1 Å². The fourth-order valence-electron chi connectivity index (χ4n) is 3.05. The maximum Gasteiger partial charge on any atom is 0.260 e. The minimum atomic E-state index is 0.0335. The zero-order valence-electron chi connectivity index (χ0n) is 15.3. The molecule has 2 aromatic rings. The number of carbonyl (C=O) groups excluding carboxylic acids is 1. The standard InChI is InChI=1S/C21H26N2O3/c1-2-25-19-9-6-10-20(15-19)26-17-21(24)23-13-11-22(12-14-23)16-18-7-4-3-5-8-18/h3-10,15H,2,11-14,16-17H2,1H3. The summed E-state index contributed by atoms with van der Waals surface area (Å²) < 4.78 is 11.1. The van der Waals surface area contributed by atoms with E-state index in [4.69, 9.17) is 9.47 Å². The Labute approximate surface area is 155 Å². The Morgan fingerprint density at radius 2 is 1.62 bits per heavy atom. The summed E-state index contributed by atoms with van der Waals surface area (Å²) in [6.45, 7) is 6.81. The van der Waals surface area contributed by atoms with E-state index in [9.17, 15) is 4.79 Å². The van der Waals surface area contributed by atoms with E-state index >= 15 is 0 Å². The van der Waals surface area contributed by atoms with Crippen molar-refractivity contribution in [2.45, 2.75) is 13.5 Å². The average molecular weight is 354 g/mol. The third-order valence-corrected chi connectivity index (χ3v) is 4.45. The zero-order valence-corrected chi connectivity index (χ0v) is 15.3. The van der Waals surface area contributed by atoms with Crippen LogP contribution in [0.1, 0.15) is 12.5 Å². The van der Waals surface area contributed by atoms with E-state index in [1.54, 1.807) is 0 Å². The normalized spacial score (nSPS) is 14.9. The number of rotatable bonds is 7. The SMILES string of the molecule is CCOc1cccc(OCC(=O)N2CCN(Cc3ccccc3)CC2)c1. The number of piperazine rings is 1. The van der Waals surface area contributed by atoms with Gasteiger partial charge in [0, 0.05) is 38.8 Å². The monoisotopic (exact) mass is 354 g/mol. The fourth-order valence-corrected chi connectivity index (χ4v) is 3.05. The summed E-state index contributed by atoms with van der Waals surface area (Å²) in [6.07, 6.45) is 0. The number of amides is 1. The number of hydrogen-bond donors (Lipinski definition) is 0. The number of nitrogens with zero attached hydrogens (tertiary/aromatic N) is 2. The molecule has 3 rings (SSSR count). The van der Waals surface area contributed by atoms with Crippen molar-refractivity contribution in [2.24, 2.45) is 0 Å². The van der Waals surface area contributed by atoms with Gasteiger partial charge in [0.2, 0.25) is 0 Å². The van der Waals surface area contributed by atoms with Crippen LogP contribution in [0.3, 0.4) is 0 Å². The van der Waals surface area contributed by atoms with Crippen LogP contribution in [0.5, 0.6) is 11.5 Å². The molecule has 0 atom stereocenters. The molecule has 26 heavy (non-hydrogen) atoms. The molecule has 0 radical (unpaired) electrons. The van der Waals surface area contributed by atoms with E-state index in [0.717, 1.165) is 38.5 Å². The van der Waals surface area contributed by atoms with E-state index < -0.39 is 0 Å². The van der Waals surface area contributed by atoms with Crippen LogP contribution < -0.4 is 9.47 Å². The van der Waals surface area contributed by atoms with Gasteiger partial charge in [-0.15, -0.1) is 0 Å². The Hall–Kier alpha value is -2.53. The predicted molar refractivity (Wildman–Crippen MR) is 101 cm³/mol. The van der Waals surface area contributed by atoms with Crippen LogP contribution in [0.4, 0.5) is 0 Å². The highest BCUT2D eigenvalue weighted by Crippen LogP contribution is 2.19. The molecule has 1 aliphatic heterocycles. The molecule has 138 valence electrons. The second-order valence-electron chi connectivity index (χ2n) is 6.34. The van der Waals surface area contributed by atoms with Crippen LogP contribution in [-0.2, 0) is 11.3 Å². The maximum atomic E-state index is 12.4. The van der Waals surface area contributed by atoms with Crippen LogP contribution in [0, 0.1) is 0 Å². The lowest BCUT2D eigenvalue weighted by Gasteiger charge is -2.34. The quantitative estimate of drug-likeness (QED) is 0.767. The highest BCUT2D eigenvalue weighted by Gasteiger charge is 2.21. The van der Waals surface area contributed by atoms with Gasteiger partial charge >= 0.3 is 0 Å². The van der Waals surface area contributed by atoms with Gasteiger partial charge in [0.15, 0.2) is 6.61 Å². The predicted octanol–water partition coefficient (Wildman–Crippen LogP) is 2.81. The smallest absolute Gasteiger partial charge is 0.260 e. The van der Waals surface area contributed by atoms with E-state index in [2.05, 4.69) is 29.2 Å². The van der Waals surface area contributed by atoms with E-state index in [-0.39, 0.29) is 12.5 Å². The lowest BCUT2D eigenvalue weighted by molar-refractivity contribution is -0.135. The highest BCUT2D eigenvalue weighted by molar-refractivity contribution is 5.77. The van der Waals surface area contributed by atoms with Crippen molar-refractivity contribution < 1.29 is 14.3 Å². The Balaban J connectivity index is 1.43. The first kappa shape index (κ1) is 18.3. The summed E-state index contributed by atoms with van der Waals surface area (Å²) >= 11 is 0. The largest absolute Gasteiger partial charge is 0.494 e. The first-order valence-electron chi connectivity index (χ1n) is 9.14. The second-order valence-corrected chi connectivity index (χ2v) is 6.34. The summed E-state index contributed by atoms with van der Waals surface area (Å²) in [5.41, 5.74) is 1.31. The molecule has 1 amide bonds. The van der Waals surface area contributed by atoms with Gasteiger partial charge in [-0.1, -0.05) is 36.4 Å². The summed E-state index contributed by atoms with van der Waals surface area (Å²) in [7, 11) is 0. The first-order chi connectivity index (χ1) is 12.7. The molecule has 0 saturated carbocycles. The van der Waals surface area contributed by atoms with E-state index in [1.807, 2.05) is 42.2 Å². The zero-order chi connectivity index (χ0) is 18.2. The van der Waals surface area contributed by atoms with Crippen LogP contribution in [0.2, 0.25) is 0 Å². The first-order valence-corrected chi connectivity index (χ1v) is 9.14. The molecular weight excluding hydrogens is 328 g/mol. The molecular formula is C21H26N2O3. The van der Waals surface area contributed by atoms with Gasteiger partial charge in [-0.2, -0.15) is 0 Å². The van der Waals surface area contributed by atoms with Crippen molar-refractivity contribution in [2.75, 3.05) is 39.4 Å². The van der Waals surface area contributed by atoms with Gasteiger partial charge in [-0.25, -0.2) is 0 Å². The molecule has 0 aliphatic carbocycles. The lowest BCUT2D eigenvalue weighted by Crippen LogP contribution is -2.49. The maximum absolute atomic E-state index is 12.4. The number of carbonyl (C=O) groups is 1. The summed E-state index contributed by atoms with van der Waals surface area (Å²) in [5, 5.41) is 0. The third kappa shape index (κ3) is 5.23. The minimum Gasteiger partial charge on any atom is -0.494 e.